The van der Waals surface area contributed by atoms with Crippen LogP contribution in [0.2, 0.25) is 0 Å². The second kappa shape index (κ2) is 5.49. The summed E-state index contributed by atoms with van der Waals surface area (Å²) in [4.78, 5) is 9.88. The second-order valence-electron chi connectivity index (χ2n) is 6.17. The minimum Gasteiger partial charge on any atom is -0.351 e. The van der Waals surface area contributed by atoms with Gasteiger partial charge in [0.05, 0.1) is 0 Å². The fourth-order valence-electron chi connectivity index (χ4n) is 3.45. The van der Waals surface area contributed by atoms with Gasteiger partial charge in [-0.25, -0.2) is 4.98 Å². The van der Waals surface area contributed by atoms with E-state index in [0.29, 0.717) is 12.1 Å². The lowest BCUT2D eigenvalue weighted by Crippen LogP contribution is -2.55. The van der Waals surface area contributed by atoms with E-state index < -0.39 is 0 Å². The van der Waals surface area contributed by atoms with Crippen molar-refractivity contribution < 1.29 is 0 Å². The molecule has 2 aliphatic rings. The highest BCUT2D eigenvalue weighted by molar-refractivity contribution is 5.48. The molecule has 1 saturated heterocycles. The summed E-state index contributed by atoms with van der Waals surface area (Å²) < 4.78 is 0. The number of anilines is 1. The van der Waals surface area contributed by atoms with Crippen LogP contribution in [0.5, 0.6) is 0 Å². The average molecular weight is 259 g/mol. The molecule has 3 heterocycles. The van der Waals surface area contributed by atoms with Gasteiger partial charge < -0.3 is 4.90 Å². The molecule has 0 amide bonds. The van der Waals surface area contributed by atoms with Crippen LogP contribution in [0.15, 0.2) is 18.3 Å². The Bertz CT molecular complexity index is 430. The third-order valence-electron chi connectivity index (χ3n) is 4.62. The minimum absolute atomic E-state index is 0.657. The van der Waals surface area contributed by atoms with Gasteiger partial charge in [-0.1, -0.05) is 12.5 Å². The monoisotopic (exact) mass is 259 g/mol. The number of pyridine rings is 1. The van der Waals surface area contributed by atoms with Crippen LogP contribution in [-0.2, 0) is 6.42 Å². The normalized spacial score (nSPS) is 24.6. The van der Waals surface area contributed by atoms with Crippen molar-refractivity contribution in [2.45, 2.75) is 51.6 Å². The molecule has 3 heteroatoms. The van der Waals surface area contributed by atoms with Crippen LogP contribution < -0.4 is 4.90 Å². The summed E-state index contributed by atoms with van der Waals surface area (Å²) in [6.45, 7) is 8.13. The van der Waals surface area contributed by atoms with Crippen molar-refractivity contribution in [1.29, 1.82) is 0 Å². The van der Waals surface area contributed by atoms with Gasteiger partial charge in [-0.05, 0) is 44.7 Å². The third kappa shape index (κ3) is 2.62. The lowest BCUT2D eigenvalue weighted by atomic mass is 9.97. The summed E-state index contributed by atoms with van der Waals surface area (Å²) in [7, 11) is 0. The van der Waals surface area contributed by atoms with Gasteiger partial charge >= 0.3 is 0 Å². The zero-order valence-corrected chi connectivity index (χ0v) is 12.2. The molecule has 1 fully saturated rings. The van der Waals surface area contributed by atoms with E-state index in [1.165, 1.54) is 50.2 Å². The maximum Gasteiger partial charge on any atom is 0.132 e. The van der Waals surface area contributed by atoms with E-state index in [9.17, 15) is 0 Å². The standard InChI is InChI=1S/C16H25N3/c1-13(2)18-10-11-19-15(12-18)8-4-3-6-14-7-5-9-17-16(14)19/h5,7,9,13,15H,3-4,6,8,10-12H2,1-2H3. The molecular weight excluding hydrogens is 234 g/mol. The number of hydrogen-bond donors (Lipinski definition) is 0. The van der Waals surface area contributed by atoms with Gasteiger partial charge in [0.1, 0.15) is 5.82 Å². The summed E-state index contributed by atoms with van der Waals surface area (Å²) in [5.74, 6) is 1.26. The zero-order valence-electron chi connectivity index (χ0n) is 12.2. The Morgan fingerprint density at radius 1 is 1.26 bits per heavy atom. The van der Waals surface area contributed by atoms with Crippen molar-refractivity contribution in [3.63, 3.8) is 0 Å². The van der Waals surface area contributed by atoms with Crippen LogP contribution in [-0.4, -0.2) is 41.6 Å². The highest BCUT2D eigenvalue weighted by Crippen LogP contribution is 2.29. The Balaban J connectivity index is 1.87. The quantitative estimate of drug-likeness (QED) is 0.773. The number of rotatable bonds is 1. The van der Waals surface area contributed by atoms with Gasteiger partial charge in [-0.3, -0.25) is 4.90 Å². The van der Waals surface area contributed by atoms with Crippen LogP contribution >= 0.6 is 0 Å². The largest absolute Gasteiger partial charge is 0.351 e. The van der Waals surface area contributed by atoms with E-state index >= 15 is 0 Å². The van der Waals surface area contributed by atoms with Crippen molar-refractivity contribution in [3.8, 4) is 0 Å². The molecule has 0 saturated carbocycles. The number of piperazine rings is 1. The first-order valence-electron chi connectivity index (χ1n) is 7.70. The Morgan fingerprint density at radius 2 is 2.16 bits per heavy atom. The first kappa shape index (κ1) is 12.9. The molecule has 1 atom stereocenters. The molecule has 19 heavy (non-hydrogen) atoms. The molecule has 0 aromatic carbocycles. The molecule has 0 aliphatic carbocycles. The fourth-order valence-corrected chi connectivity index (χ4v) is 3.45. The van der Waals surface area contributed by atoms with Gasteiger partial charge in [-0.2, -0.15) is 0 Å². The molecule has 1 unspecified atom stereocenters. The van der Waals surface area contributed by atoms with E-state index in [1.54, 1.807) is 0 Å². The second-order valence-corrected chi connectivity index (χ2v) is 6.17. The maximum absolute atomic E-state index is 4.68. The van der Waals surface area contributed by atoms with Crippen molar-refractivity contribution in [2.24, 2.45) is 0 Å². The topological polar surface area (TPSA) is 19.4 Å². The zero-order chi connectivity index (χ0) is 13.2. The van der Waals surface area contributed by atoms with Crippen LogP contribution in [0, 0.1) is 0 Å². The Morgan fingerprint density at radius 3 is 3.00 bits per heavy atom. The molecule has 3 nitrogen and oxygen atoms in total. The van der Waals surface area contributed by atoms with Crippen LogP contribution in [0.3, 0.4) is 0 Å². The Hall–Kier alpha value is -1.09. The summed E-state index contributed by atoms with van der Waals surface area (Å²) in [6, 6.07) is 5.67. The van der Waals surface area contributed by atoms with E-state index in [4.69, 9.17) is 0 Å². The molecule has 1 aromatic rings. The number of hydrogen-bond acceptors (Lipinski definition) is 3. The highest BCUT2D eigenvalue weighted by Gasteiger charge is 2.30. The summed E-state index contributed by atoms with van der Waals surface area (Å²) >= 11 is 0. The molecule has 104 valence electrons. The highest BCUT2D eigenvalue weighted by atomic mass is 15.3. The third-order valence-corrected chi connectivity index (χ3v) is 4.62. The first-order valence-corrected chi connectivity index (χ1v) is 7.70. The number of aryl methyl sites for hydroxylation is 1. The molecule has 3 rings (SSSR count). The molecule has 0 bridgehead atoms. The number of aromatic nitrogens is 1. The first-order chi connectivity index (χ1) is 9.25. The van der Waals surface area contributed by atoms with Gasteiger partial charge in [-0.15, -0.1) is 0 Å². The Kier molecular flexibility index (Phi) is 3.74. The molecular formula is C16H25N3. The summed E-state index contributed by atoms with van der Waals surface area (Å²) in [5, 5.41) is 0. The molecule has 0 spiro atoms. The maximum atomic E-state index is 4.68. The van der Waals surface area contributed by atoms with Crippen molar-refractivity contribution in [3.05, 3.63) is 23.9 Å². The van der Waals surface area contributed by atoms with E-state index in [0.717, 1.165) is 6.54 Å². The lowest BCUT2D eigenvalue weighted by Gasteiger charge is -2.45. The molecule has 0 radical (unpaired) electrons. The summed E-state index contributed by atoms with van der Waals surface area (Å²) in [6.07, 6.45) is 7.12. The van der Waals surface area contributed by atoms with Crippen molar-refractivity contribution in [2.75, 3.05) is 24.5 Å². The van der Waals surface area contributed by atoms with E-state index in [2.05, 4.69) is 40.8 Å². The van der Waals surface area contributed by atoms with Gasteiger partial charge in [0.25, 0.3) is 0 Å². The fraction of sp³-hybridized carbons (Fsp3) is 0.688. The number of fused-ring (bicyclic) bond motifs is 3. The Labute approximate surface area is 116 Å². The minimum atomic E-state index is 0.657. The van der Waals surface area contributed by atoms with Crippen LogP contribution in [0.1, 0.15) is 38.7 Å². The predicted octanol–water partition coefficient (Wildman–Crippen LogP) is 2.71. The average Bonchev–Trinajstić information content (AvgIpc) is 2.41. The molecule has 1 aromatic heterocycles. The van der Waals surface area contributed by atoms with Crippen LogP contribution in [0.25, 0.3) is 0 Å². The molecule has 2 aliphatic heterocycles. The van der Waals surface area contributed by atoms with E-state index in [-0.39, 0.29) is 0 Å². The van der Waals surface area contributed by atoms with Crippen LogP contribution in [0.4, 0.5) is 5.82 Å². The summed E-state index contributed by atoms with van der Waals surface area (Å²) in [5.41, 5.74) is 1.45. The molecule has 0 N–H and O–H groups in total. The van der Waals surface area contributed by atoms with Gasteiger partial charge in [0.15, 0.2) is 0 Å². The smallest absolute Gasteiger partial charge is 0.132 e. The van der Waals surface area contributed by atoms with Crippen molar-refractivity contribution in [1.82, 2.24) is 9.88 Å². The lowest BCUT2D eigenvalue weighted by molar-refractivity contribution is 0.174. The predicted molar refractivity (Wildman–Crippen MR) is 79.6 cm³/mol. The van der Waals surface area contributed by atoms with Gasteiger partial charge in [0.2, 0.25) is 0 Å². The SMILES string of the molecule is CC(C)N1CCN2c3ncccc3CCCCC2C1. The van der Waals surface area contributed by atoms with Gasteiger partial charge in [0, 0.05) is 37.9 Å². The van der Waals surface area contributed by atoms with Crippen molar-refractivity contribution >= 4 is 5.82 Å². The number of nitrogens with zero attached hydrogens (tertiary/aromatic N) is 3. The van der Waals surface area contributed by atoms with E-state index in [1.807, 2.05) is 6.20 Å².